The zero-order chi connectivity index (χ0) is 10.3. The predicted octanol–water partition coefficient (Wildman–Crippen LogP) is 4.26. The first-order valence-electron chi connectivity index (χ1n) is 5.05. The van der Waals surface area contributed by atoms with E-state index in [2.05, 4.69) is 17.5 Å². The molecular formula is C12H10OS2. The van der Waals surface area contributed by atoms with E-state index >= 15 is 0 Å². The normalized spacial score (nSPS) is 15.9. The minimum absolute atomic E-state index is 0.251. The van der Waals surface area contributed by atoms with Crippen LogP contribution in [0.2, 0.25) is 0 Å². The number of rotatable bonds is 2. The molecule has 3 heteroatoms. The summed E-state index contributed by atoms with van der Waals surface area (Å²) in [6.45, 7) is 0. The number of hydrogen-bond acceptors (Lipinski definition) is 3. The number of Topliss-reactive ketones (excluding diaryl/α,β-unsaturated/α-hetero) is 1. The molecule has 0 N–H and O–H groups in total. The number of fused-ring (bicyclic) bond motifs is 1. The molecule has 1 aliphatic rings. The highest BCUT2D eigenvalue weighted by molar-refractivity contribution is 7.28. The van der Waals surface area contributed by atoms with Gasteiger partial charge in [-0.1, -0.05) is 6.08 Å². The highest BCUT2D eigenvalue weighted by Crippen LogP contribution is 2.32. The molecule has 2 heterocycles. The molecule has 0 amide bonds. The van der Waals surface area contributed by atoms with Crippen molar-refractivity contribution in [2.75, 3.05) is 0 Å². The molecule has 3 rings (SSSR count). The number of ketones is 1. The summed E-state index contributed by atoms with van der Waals surface area (Å²) in [6.07, 6.45) is 5.27. The smallest absolute Gasteiger partial charge is 0.198 e. The third-order valence-electron chi connectivity index (χ3n) is 2.70. The van der Waals surface area contributed by atoms with Gasteiger partial charge in [-0.25, -0.2) is 0 Å². The van der Waals surface area contributed by atoms with E-state index in [1.807, 2.05) is 6.07 Å². The Bertz CT molecular complexity index is 516. The summed E-state index contributed by atoms with van der Waals surface area (Å²) in [7, 11) is 0. The van der Waals surface area contributed by atoms with Crippen LogP contribution in [-0.2, 0) is 0 Å². The van der Waals surface area contributed by atoms with E-state index in [0.29, 0.717) is 0 Å². The van der Waals surface area contributed by atoms with Gasteiger partial charge in [-0.3, -0.25) is 4.79 Å². The summed E-state index contributed by atoms with van der Waals surface area (Å²) >= 11 is 3.33. The molecule has 0 fully saturated rings. The van der Waals surface area contributed by atoms with Crippen LogP contribution in [0.15, 0.2) is 29.2 Å². The molecule has 0 saturated carbocycles. The summed E-state index contributed by atoms with van der Waals surface area (Å²) in [5.74, 6) is 0.251. The Kier molecular flexibility index (Phi) is 2.22. The van der Waals surface area contributed by atoms with E-state index in [-0.39, 0.29) is 5.78 Å². The maximum absolute atomic E-state index is 12.1. The number of carbonyl (C=O) groups is 1. The zero-order valence-corrected chi connectivity index (χ0v) is 9.79. The maximum Gasteiger partial charge on any atom is 0.198 e. The van der Waals surface area contributed by atoms with E-state index < -0.39 is 0 Å². The molecule has 0 radical (unpaired) electrons. The molecule has 76 valence electrons. The Morgan fingerprint density at radius 2 is 2.27 bits per heavy atom. The highest BCUT2D eigenvalue weighted by atomic mass is 32.1. The summed E-state index contributed by atoms with van der Waals surface area (Å²) in [4.78, 5) is 13.0. The minimum atomic E-state index is 0.251. The molecule has 0 bridgehead atoms. The van der Waals surface area contributed by atoms with Crippen LogP contribution in [0.25, 0.3) is 9.40 Å². The SMILES string of the molecule is O=C(C1=CCCC1)c1cc2sccc2s1. The third-order valence-corrected chi connectivity index (χ3v) is 4.79. The second kappa shape index (κ2) is 3.58. The van der Waals surface area contributed by atoms with Crippen molar-refractivity contribution in [1.82, 2.24) is 0 Å². The molecule has 0 unspecified atom stereocenters. The predicted molar refractivity (Wildman–Crippen MR) is 66.0 cm³/mol. The van der Waals surface area contributed by atoms with E-state index in [0.717, 1.165) is 29.7 Å². The molecule has 0 atom stereocenters. The summed E-state index contributed by atoms with van der Waals surface area (Å²) in [5, 5.41) is 2.07. The Hall–Kier alpha value is -0.930. The molecule has 1 aliphatic carbocycles. The molecule has 0 aliphatic heterocycles. The second-order valence-electron chi connectivity index (χ2n) is 3.71. The van der Waals surface area contributed by atoms with Crippen LogP contribution < -0.4 is 0 Å². The van der Waals surface area contributed by atoms with Crippen molar-refractivity contribution < 1.29 is 4.79 Å². The maximum atomic E-state index is 12.1. The average molecular weight is 234 g/mol. The Labute approximate surface area is 96.0 Å². The third kappa shape index (κ3) is 1.56. The van der Waals surface area contributed by atoms with Crippen LogP contribution >= 0.6 is 22.7 Å². The molecule has 0 aromatic carbocycles. The van der Waals surface area contributed by atoms with Gasteiger partial charge in [0.15, 0.2) is 5.78 Å². The van der Waals surface area contributed by atoms with Crippen molar-refractivity contribution in [1.29, 1.82) is 0 Å². The first-order chi connectivity index (χ1) is 7.34. The van der Waals surface area contributed by atoms with Gasteiger partial charge in [0.2, 0.25) is 0 Å². The molecule has 15 heavy (non-hydrogen) atoms. The van der Waals surface area contributed by atoms with E-state index in [1.54, 1.807) is 22.7 Å². The van der Waals surface area contributed by atoms with Crippen LogP contribution in [0.1, 0.15) is 28.9 Å². The zero-order valence-electron chi connectivity index (χ0n) is 8.16. The monoisotopic (exact) mass is 234 g/mol. The standard InChI is InChI=1S/C12H10OS2/c13-12(8-3-1-2-4-8)11-7-10-9(15-11)5-6-14-10/h3,5-7H,1-2,4H2. The number of hydrogen-bond donors (Lipinski definition) is 0. The van der Waals surface area contributed by atoms with Crippen molar-refractivity contribution in [2.45, 2.75) is 19.3 Å². The van der Waals surface area contributed by atoms with E-state index in [1.165, 1.54) is 9.40 Å². The number of thiophene rings is 2. The first-order valence-corrected chi connectivity index (χ1v) is 6.75. The van der Waals surface area contributed by atoms with Gasteiger partial charge in [-0.05, 0) is 42.3 Å². The van der Waals surface area contributed by atoms with Crippen LogP contribution in [0, 0.1) is 0 Å². The summed E-state index contributed by atoms with van der Waals surface area (Å²) in [5.41, 5.74) is 1.02. The lowest BCUT2D eigenvalue weighted by molar-refractivity contribution is 0.103. The molecule has 0 saturated heterocycles. The molecular weight excluding hydrogens is 224 g/mol. The molecule has 0 spiro atoms. The van der Waals surface area contributed by atoms with Crippen molar-refractivity contribution in [3.63, 3.8) is 0 Å². The van der Waals surface area contributed by atoms with Gasteiger partial charge in [-0.2, -0.15) is 0 Å². The van der Waals surface area contributed by atoms with E-state index in [9.17, 15) is 4.79 Å². The van der Waals surface area contributed by atoms with Gasteiger partial charge in [0, 0.05) is 9.40 Å². The fraction of sp³-hybridized carbons (Fsp3) is 0.250. The topological polar surface area (TPSA) is 17.1 Å². The first kappa shape index (κ1) is 9.31. The average Bonchev–Trinajstić information content (AvgIpc) is 2.92. The van der Waals surface area contributed by atoms with Gasteiger partial charge in [-0.15, -0.1) is 22.7 Å². The number of allylic oxidation sites excluding steroid dienone is 2. The summed E-state index contributed by atoms with van der Waals surface area (Å²) in [6, 6.07) is 4.12. The van der Waals surface area contributed by atoms with Crippen LogP contribution in [-0.4, -0.2) is 5.78 Å². The fourth-order valence-electron chi connectivity index (χ4n) is 1.91. The lowest BCUT2D eigenvalue weighted by atomic mass is 10.1. The largest absolute Gasteiger partial charge is 0.288 e. The Balaban J connectivity index is 1.99. The summed E-state index contributed by atoms with van der Waals surface area (Å²) < 4.78 is 2.48. The van der Waals surface area contributed by atoms with Gasteiger partial charge in [0.1, 0.15) is 0 Å². The number of carbonyl (C=O) groups excluding carboxylic acids is 1. The Morgan fingerprint density at radius 3 is 3.00 bits per heavy atom. The van der Waals surface area contributed by atoms with Gasteiger partial charge in [0.25, 0.3) is 0 Å². The van der Waals surface area contributed by atoms with Gasteiger partial charge in [0.05, 0.1) is 4.88 Å². The van der Waals surface area contributed by atoms with E-state index in [4.69, 9.17) is 0 Å². The molecule has 2 aromatic heterocycles. The lowest BCUT2D eigenvalue weighted by Crippen LogP contribution is -1.97. The van der Waals surface area contributed by atoms with Gasteiger partial charge < -0.3 is 0 Å². The lowest BCUT2D eigenvalue weighted by Gasteiger charge is -1.96. The van der Waals surface area contributed by atoms with Crippen LogP contribution in [0.3, 0.4) is 0 Å². The molecule has 2 aromatic rings. The fourth-order valence-corrected chi connectivity index (χ4v) is 4.00. The molecule has 1 nitrogen and oxygen atoms in total. The van der Waals surface area contributed by atoms with Crippen LogP contribution in [0.5, 0.6) is 0 Å². The van der Waals surface area contributed by atoms with Crippen molar-refractivity contribution in [2.24, 2.45) is 0 Å². The van der Waals surface area contributed by atoms with Crippen molar-refractivity contribution in [3.05, 3.63) is 34.0 Å². The van der Waals surface area contributed by atoms with Crippen molar-refractivity contribution >= 4 is 37.9 Å². The van der Waals surface area contributed by atoms with Gasteiger partial charge >= 0.3 is 0 Å². The Morgan fingerprint density at radius 1 is 1.33 bits per heavy atom. The second-order valence-corrected chi connectivity index (χ2v) is 5.74. The van der Waals surface area contributed by atoms with Crippen LogP contribution in [0.4, 0.5) is 0 Å². The quantitative estimate of drug-likeness (QED) is 0.710. The van der Waals surface area contributed by atoms with Crippen molar-refractivity contribution in [3.8, 4) is 0 Å². The minimum Gasteiger partial charge on any atom is -0.288 e. The highest BCUT2D eigenvalue weighted by Gasteiger charge is 2.17.